The van der Waals surface area contributed by atoms with Gasteiger partial charge in [0.1, 0.15) is 6.61 Å². The predicted octanol–water partition coefficient (Wildman–Crippen LogP) is 10.9. The zero-order chi connectivity index (χ0) is 34.6. The van der Waals surface area contributed by atoms with Crippen molar-refractivity contribution in [3.63, 3.8) is 0 Å². The lowest BCUT2D eigenvalue weighted by Crippen LogP contribution is -2.04. The van der Waals surface area contributed by atoms with Gasteiger partial charge in [-0.3, -0.25) is 19.2 Å². The summed E-state index contributed by atoms with van der Waals surface area (Å²) in [5.41, 5.74) is 1.03. The lowest BCUT2D eigenvalue weighted by Gasteiger charge is -2.05. The molecule has 8 heteroatoms. The molecular weight excluding hydrogens is 596 g/mol. The van der Waals surface area contributed by atoms with E-state index in [0.29, 0.717) is 32.3 Å². The Morgan fingerprint density at radius 2 is 0.638 bits per heavy atom. The fourth-order valence-corrected chi connectivity index (χ4v) is 5.44. The van der Waals surface area contributed by atoms with E-state index in [4.69, 9.17) is 20.1 Å². The van der Waals surface area contributed by atoms with E-state index in [9.17, 15) is 19.2 Å². The second kappa shape index (κ2) is 34.4. The van der Waals surface area contributed by atoms with Gasteiger partial charge in [-0.05, 0) is 31.2 Å². The number of carboxylic acids is 3. The number of hydrogen-bond acceptors (Lipinski definition) is 5. The Bertz CT molecular complexity index is 860. The highest BCUT2D eigenvalue weighted by Crippen LogP contribution is 2.14. The fraction of sp³-hybridized carbons (Fsp3) is 0.744. The van der Waals surface area contributed by atoms with Crippen LogP contribution >= 0.6 is 0 Å². The molecule has 0 saturated carbocycles. The van der Waals surface area contributed by atoms with Crippen LogP contribution in [0.4, 0.5) is 0 Å². The molecule has 3 N–H and O–H groups in total. The van der Waals surface area contributed by atoms with Crippen LogP contribution in [0.5, 0.6) is 0 Å². The third kappa shape index (κ3) is 37.4. The summed E-state index contributed by atoms with van der Waals surface area (Å²) in [7, 11) is 0. The highest BCUT2D eigenvalue weighted by Gasteiger charge is 2.03. The predicted molar refractivity (Wildman–Crippen MR) is 188 cm³/mol. The maximum atomic E-state index is 11.7. The molecule has 0 aliphatic heterocycles. The van der Waals surface area contributed by atoms with E-state index in [-0.39, 0.29) is 5.97 Å². The molecule has 0 unspecified atom stereocenters. The molecule has 1 aromatic carbocycles. The monoisotopic (exact) mass is 662 g/mol. The molecule has 1 aromatic rings. The van der Waals surface area contributed by atoms with Crippen molar-refractivity contribution < 1.29 is 39.2 Å². The smallest absolute Gasteiger partial charge is 0.306 e. The van der Waals surface area contributed by atoms with Crippen molar-refractivity contribution >= 4 is 23.9 Å². The van der Waals surface area contributed by atoms with Crippen LogP contribution in [-0.4, -0.2) is 39.2 Å². The van der Waals surface area contributed by atoms with Gasteiger partial charge in [0.25, 0.3) is 0 Å². The number of benzene rings is 1. The first-order chi connectivity index (χ1) is 22.8. The van der Waals surface area contributed by atoms with Crippen LogP contribution in [-0.2, 0) is 30.5 Å². The Hall–Kier alpha value is -2.90. The second-order valence-electron chi connectivity index (χ2n) is 12.8. The van der Waals surface area contributed by atoms with Crippen molar-refractivity contribution in [1.82, 2.24) is 0 Å². The van der Waals surface area contributed by atoms with Crippen molar-refractivity contribution in [3.05, 3.63) is 35.9 Å². The normalized spacial score (nSPS) is 10.6. The van der Waals surface area contributed by atoms with Crippen LogP contribution in [0.2, 0.25) is 0 Å². The van der Waals surface area contributed by atoms with E-state index in [0.717, 1.165) is 76.2 Å². The molecule has 0 aliphatic rings. The summed E-state index contributed by atoms with van der Waals surface area (Å²) in [6.45, 7) is 0.374. The summed E-state index contributed by atoms with van der Waals surface area (Å²) in [6, 6.07) is 9.79. The number of unbranched alkanes of at least 4 members (excludes halogenated alkanes) is 22. The first-order valence-electron chi connectivity index (χ1n) is 18.7. The summed E-state index contributed by atoms with van der Waals surface area (Å²) >= 11 is 0. The van der Waals surface area contributed by atoms with E-state index in [1.807, 2.05) is 30.3 Å². The van der Waals surface area contributed by atoms with Crippen molar-refractivity contribution in [3.8, 4) is 0 Å². The lowest BCUT2D eigenvalue weighted by molar-refractivity contribution is -0.145. The molecule has 47 heavy (non-hydrogen) atoms. The number of esters is 1. The van der Waals surface area contributed by atoms with Crippen molar-refractivity contribution in [2.45, 2.75) is 186 Å². The first kappa shape index (κ1) is 44.1. The molecule has 0 saturated heterocycles. The Balaban J connectivity index is 0.000000945. The van der Waals surface area contributed by atoms with Gasteiger partial charge < -0.3 is 20.1 Å². The van der Waals surface area contributed by atoms with Crippen LogP contribution in [0.25, 0.3) is 0 Å². The molecule has 0 aliphatic carbocycles. The summed E-state index contributed by atoms with van der Waals surface area (Å²) < 4.78 is 5.28. The zero-order valence-electron chi connectivity index (χ0n) is 29.3. The minimum Gasteiger partial charge on any atom is -0.481 e. The van der Waals surface area contributed by atoms with Crippen LogP contribution in [0, 0.1) is 0 Å². The van der Waals surface area contributed by atoms with Crippen LogP contribution in [0.15, 0.2) is 30.3 Å². The topological polar surface area (TPSA) is 138 Å². The average molecular weight is 663 g/mol. The number of ether oxygens (including phenoxy) is 1. The van der Waals surface area contributed by atoms with E-state index in [1.54, 1.807) is 0 Å². The Labute approximate surface area is 285 Å². The molecule has 0 spiro atoms. The minimum absolute atomic E-state index is 0.0952. The highest BCUT2D eigenvalue weighted by molar-refractivity contribution is 5.69. The van der Waals surface area contributed by atoms with Crippen molar-refractivity contribution in [2.24, 2.45) is 0 Å². The summed E-state index contributed by atoms with van der Waals surface area (Å²) in [6.07, 6.45) is 28.8. The molecule has 8 nitrogen and oxygen atoms in total. The quantitative estimate of drug-likeness (QED) is 0.0511. The molecule has 0 amide bonds. The maximum Gasteiger partial charge on any atom is 0.306 e. The number of carboxylic acid groups (broad SMARTS) is 3. The molecule has 0 aromatic heterocycles. The van der Waals surface area contributed by atoms with Gasteiger partial charge in [0.15, 0.2) is 0 Å². The van der Waals surface area contributed by atoms with Crippen LogP contribution in [0.1, 0.15) is 185 Å². The Kier molecular flexibility index (Phi) is 32.3. The maximum absolute atomic E-state index is 11.7. The number of hydrogen-bond donors (Lipinski definition) is 3. The second-order valence-corrected chi connectivity index (χ2v) is 12.8. The summed E-state index contributed by atoms with van der Waals surface area (Å²) in [5, 5.41) is 25.5. The van der Waals surface area contributed by atoms with Gasteiger partial charge in [-0.15, -0.1) is 0 Å². The van der Waals surface area contributed by atoms with E-state index < -0.39 is 17.9 Å². The van der Waals surface area contributed by atoms with Crippen LogP contribution < -0.4 is 0 Å². The molecule has 270 valence electrons. The lowest BCUT2D eigenvalue weighted by atomic mass is 10.0. The molecule has 0 fully saturated rings. The molecule has 1 rings (SSSR count). The third-order valence-corrected chi connectivity index (χ3v) is 8.30. The molecule has 0 atom stereocenters. The van der Waals surface area contributed by atoms with Gasteiger partial charge in [0, 0.05) is 25.7 Å². The van der Waals surface area contributed by atoms with E-state index in [1.165, 1.54) is 83.5 Å². The molecule has 0 heterocycles. The van der Waals surface area contributed by atoms with Gasteiger partial charge in [0.05, 0.1) is 0 Å². The molecular formula is C39H66O8. The molecule has 0 radical (unpaired) electrons. The van der Waals surface area contributed by atoms with E-state index in [2.05, 4.69) is 0 Å². The Morgan fingerprint density at radius 3 is 0.915 bits per heavy atom. The summed E-state index contributed by atoms with van der Waals surface area (Å²) in [5.74, 6) is -2.15. The highest BCUT2D eigenvalue weighted by atomic mass is 16.5. The molecule has 0 bridgehead atoms. The van der Waals surface area contributed by atoms with Crippen molar-refractivity contribution in [2.75, 3.05) is 0 Å². The van der Waals surface area contributed by atoms with Gasteiger partial charge in [-0.1, -0.05) is 159 Å². The zero-order valence-corrected chi connectivity index (χ0v) is 29.3. The first-order valence-corrected chi connectivity index (χ1v) is 18.7. The van der Waals surface area contributed by atoms with Gasteiger partial charge in [-0.25, -0.2) is 0 Å². The number of carbonyl (C=O) groups excluding carboxylic acids is 1. The van der Waals surface area contributed by atoms with Crippen LogP contribution in [0.3, 0.4) is 0 Å². The van der Waals surface area contributed by atoms with Gasteiger partial charge >= 0.3 is 23.9 Å². The van der Waals surface area contributed by atoms with E-state index >= 15 is 0 Å². The number of rotatable bonds is 32. The van der Waals surface area contributed by atoms with Gasteiger partial charge in [0.2, 0.25) is 0 Å². The average Bonchev–Trinajstić information content (AvgIpc) is 3.04. The largest absolute Gasteiger partial charge is 0.481 e. The minimum atomic E-state index is -0.687. The number of aliphatic carboxylic acids is 3. The fourth-order valence-electron chi connectivity index (χ4n) is 5.44. The van der Waals surface area contributed by atoms with Crippen molar-refractivity contribution in [1.29, 1.82) is 0 Å². The summed E-state index contributed by atoms with van der Waals surface area (Å²) in [4.78, 5) is 42.7. The standard InChI is InChI=1S/C23H36O4.C16H30O4/c24-22(25)18-14-9-7-5-3-1-2-4-6-8-10-15-19-23(26)27-20-21-16-12-11-13-17-21;17-15(18)13-11-9-7-5-3-1-2-4-6-8-10-12-14-16(19)20/h11-13,16-17H,1-10,14-15,18-20H2,(H,24,25);1-14H2,(H,17,18)(H,19,20). The third-order valence-electron chi connectivity index (χ3n) is 8.30. The number of carbonyl (C=O) groups is 4. The van der Waals surface area contributed by atoms with Gasteiger partial charge in [-0.2, -0.15) is 0 Å². The SMILES string of the molecule is O=C(O)CCCCCCCCCCCCCCC(=O)O.O=C(O)CCCCCCCCCCCCCCC(=O)OCc1ccccc1. The Morgan fingerprint density at radius 1 is 0.383 bits per heavy atom.